The zero-order valence-electron chi connectivity index (χ0n) is 11.2. The quantitative estimate of drug-likeness (QED) is 0.857. The molecule has 6 nitrogen and oxygen atoms in total. The Hall–Kier alpha value is -1.85. The molecule has 1 amide bonds. The minimum atomic E-state index is -0.768. The molecular formula is C13H19N3O3. The Balaban J connectivity index is 1.99. The zero-order valence-corrected chi connectivity index (χ0v) is 11.2. The molecule has 1 saturated carbocycles. The Bertz CT molecular complexity index is 495. The second-order valence-corrected chi connectivity index (χ2v) is 5.17. The van der Waals surface area contributed by atoms with Crippen LogP contribution in [-0.2, 0) is 11.8 Å². The molecule has 2 atom stereocenters. The van der Waals surface area contributed by atoms with E-state index in [-0.39, 0.29) is 17.9 Å². The van der Waals surface area contributed by atoms with E-state index in [0.717, 1.165) is 18.5 Å². The van der Waals surface area contributed by atoms with E-state index in [9.17, 15) is 9.59 Å². The summed E-state index contributed by atoms with van der Waals surface area (Å²) in [6.45, 7) is 1.83. The maximum Gasteiger partial charge on any atom is 0.306 e. The zero-order chi connectivity index (χ0) is 14.0. The van der Waals surface area contributed by atoms with Crippen LogP contribution in [0.15, 0.2) is 6.07 Å². The third-order valence-electron chi connectivity index (χ3n) is 3.59. The monoisotopic (exact) mass is 265 g/mol. The van der Waals surface area contributed by atoms with Crippen LogP contribution in [0.5, 0.6) is 0 Å². The summed E-state index contributed by atoms with van der Waals surface area (Å²) < 4.78 is 1.54. The number of rotatable bonds is 3. The van der Waals surface area contributed by atoms with Crippen LogP contribution in [0.4, 0.5) is 0 Å². The number of carboxylic acids is 1. The number of aryl methyl sites for hydroxylation is 2. The molecule has 0 aromatic carbocycles. The molecule has 0 aliphatic heterocycles. The van der Waals surface area contributed by atoms with Crippen LogP contribution in [0.25, 0.3) is 0 Å². The SMILES string of the molecule is Cc1cc(C(=O)NC2CCCC(C(=O)O)C2)n(C)n1. The number of carbonyl (C=O) groups is 2. The molecule has 1 aromatic rings. The predicted octanol–water partition coefficient (Wildman–Crippen LogP) is 1.10. The predicted molar refractivity (Wildman–Crippen MR) is 68.8 cm³/mol. The van der Waals surface area contributed by atoms with Gasteiger partial charge >= 0.3 is 5.97 Å². The van der Waals surface area contributed by atoms with E-state index < -0.39 is 5.97 Å². The summed E-state index contributed by atoms with van der Waals surface area (Å²) in [7, 11) is 1.73. The summed E-state index contributed by atoms with van der Waals surface area (Å²) >= 11 is 0. The number of carbonyl (C=O) groups excluding carboxylic acids is 1. The summed E-state index contributed by atoms with van der Waals surface area (Å²) in [4.78, 5) is 23.1. The van der Waals surface area contributed by atoms with Gasteiger partial charge in [0.15, 0.2) is 0 Å². The van der Waals surface area contributed by atoms with E-state index in [1.54, 1.807) is 17.8 Å². The minimum absolute atomic E-state index is 0.0578. The number of nitrogens with one attached hydrogen (secondary N) is 1. The molecular weight excluding hydrogens is 246 g/mol. The summed E-state index contributed by atoms with van der Waals surface area (Å²) in [6, 6.07) is 1.67. The first kappa shape index (κ1) is 13.6. The summed E-state index contributed by atoms with van der Waals surface area (Å²) in [5.41, 5.74) is 1.30. The van der Waals surface area contributed by atoms with Crippen molar-refractivity contribution in [1.82, 2.24) is 15.1 Å². The number of carboxylic acid groups (broad SMARTS) is 1. The molecule has 0 bridgehead atoms. The molecule has 0 radical (unpaired) electrons. The van der Waals surface area contributed by atoms with Gasteiger partial charge in [0, 0.05) is 13.1 Å². The van der Waals surface area contributed by atoms with Crippen LogP contribution in [-0.4, -0.2) is 32.8 Å². The molecule has 19 heavy (non-hydrogen) atoms. The first-order valence-corrected chi connectivity index (χ1v) is 6.51. The molecule has 2 rings (SSSR count). The highest BCUT2D eigenvalue weighted by atomic mass is 16.4. The Morgan fingerprint density at radius 1 is 1.47 bits per heavy atom. The molecule has 0 saturated heterocycles. The first-order chi connectivity index (χ1) is 8.97. The second-order valence-electron chi connectivity index (χ2n) is 5.17. The maximum absolute atomic E-state index is 12.1. The molecule has 6 heteroatoms. The number of hydrogen-bond acceptors (Lipinski definition) is 3. The highest BCUT2D eigenvalue weighted by molar-refractivity contribution is 5.92. The van der Waals surface area contributed by atoms with Gasteiger partial charge in [-0.25, -0.2) is 0 Å². The highest BCUT2D eigenvalue weighted by Gasteiger charge is 2.28. The Morgan fingerprint density at radius 3 is 2.79 bits per heavy atom. The number of hydrogen-bond donors (Lipinski definition) is 2. The van der Waals surface area contributed by atoms with E-state index in [1.165, 1.54) is 0 Å². The van der Waals surface area contributed by atoms with E-state index in [2.05, 4.69) is 10.4 Å². The standard InChI is InChI=1S/C13H19N3O3/c1-8-6-11(16(2)15-8)12(17)14-10-5-3-4-9(7-10)13(18)19/h6,9-10H,3-5,7H2,1-2H3,(H,14,17)(H,18,19). The lowest BCUT2D eigenvalue weighted by atomic mass is 9.86. The Labute approximate surface area is 111 Å². The van der Waals surface area contributed by atoms with Gasteiger partial charge in [0.2, 0.25) is 0 Å². The second kappa shape index (κ2) is 5.42. The van der Waals surface area contributed by atoms with Crippen molar-refractivity contribution in [2.45, 2.75) is 38.6 Å². The fourth-order valence-corrected chi connectivity index (χ4v) is 2.63. The van der Waals surface area contributed by atoms with Crippen LogP contribution in [0.3, 0.4) is 0 Å². The van der Waals surface area contributed by atoms with E-state index >= 15 is 0 Å². The van der Waals surface area contributed by atoms with Crippen LogP contribution < -0.4 is 5.32 Å². The van der Waals surface area contributed by atoms with Gasteiger partial charge in [-0.3, -0.25) is 14.3 Å². The molecule has 0 spiro atoms. The van der Waals surface area contributed by atoms with E-state index in [4.69, 9.17) is 5.11 Å². The Morgan fingerprint density at radius 2 is 2.21 bits per heavy atom. The third kappa shape index (κ3) is 3.13. The van der Waals surface area contributed by atoms with Gasteiger partial charge in [-0.1, -0.05) is 6.42 Å². The van der Waals surface area contributed by atoms with Crippen molar-refractivity contribution in [2.24, 2.45) is 13.0 Å². The molecule has 1 aromatic heterocycles. The van der Waals surface area contributed by atoms with Gasteiger partial charge in [0.05, 0.1) is 11.6 Å². The van der Waals surface area contributed by atoms with Crippen molar-refractivity contribution in [3.63, 3.8) is 0 Å². The normalized spacial score (nSPS) is 23.1. The Kier molecular flexibility index (Phi) is 3.87. The largest absolute Gasteiger partial charge is 0.481 e. The average Bonchev–Trinajstić information content (AvgIpc) is 2.69. The molecule has 2 N–H and O–H groups in total. The summed E-state index contributed by atoms with van der Waals surface area (Å²) in [5, 5.41) is 16.1. The van der Waals surface area contributed by atoms with Gasteiger partial charge in [-0.2, -0.15) is 5.10 Å². The van der Waals surface area contributed by atoms with Crippen LogP contribution in [0, 0.1) is 12.8 Å². The lowest BCUT2D eigenvalue weighted by Gasteiger charge is -2.27. The molecule has 1 aliphatic rings. The number of aliphatic carboxylic acids is 1. The molecule has 1 aliphatic carbocycles. The maximum atomic E-state index is 12.1. The molecule has 104 valence electrons. The van der Waals surface area contributed by atoms with Crippen LogP contribution >= 0.6 is 0 Å². The van der Waals surface area contributed by atoms with Crippen LogP contribution in [0.1, 0.15) is 41.9 Å². The van der Waals surface area contributed by atoms with E-state index in [0.29, 0.717) is 18.5 Å². The van der Waals surface area contributed by atoms with Gasteiger partial charge < -0.3 is 10.4 Å². The van der Waals surface area contributed by atoms with Crippen molar-refractivity contribution in [3.05, 3.63) is 17.5 Å². The van der Waals surface area contributed by atoms with Crippen molar-refractivity contribution >= 4 is 11.9 Å². The topological polar surface area (TPSA) is 84.2 Å². The van der Waals surface area contributed by atoms with Gasteiger partial charge in [-0.05, 0) is 32.3 Å². The molecule has 1 fully saturated rings. The molecule has 2 unspecified atom stereocenters. The van der Waals surface area contributed by atoms with Crippen molar-refractivity contribution in [3.8, 4) is 0 Å². The lowest BCUT2D eigenvalue weighted by molar-refractivity contribution is -0.143. The average molecular weight is 265 g/mol. The fraction of sp³-hybridized carbons (Fsp3) is 0.615. The van der Waals surface area contributed by atoms with Crippen molar-refractivity contribution in [1.29, 1.82) is 0 Å². The smallest absolute Gasteiger partial charge is 0.306 e. The van der Waals surface area contributed by atoms with Crippen molar-refractivity contribution in [2.75, 3.05) is 0 Å². The minimum Gasteiger partial charge on any atom is -0.481 e. The van der Waals surface area contributed by atoms with Gasteiger partial charge in [0.25, 0.3) is 5.91 Å². The summed E-state index contributed by atoms with van der Waals surface area (Å²) in [5.74, 6) is -1.29. The fourth-order valence-electron chi connectivity index (χ4n) is 2.63. The van der Waals surface area contributed by atoms with E-state index in [1.807, 2.05) is 6.92 Å². The van der Waals surface area contributed by atoms with Gasteiger partial charge in [0.1, 0.15) is 5.69 Å². The van der Waals surface area contributed by atoms with Crippen LogP contribution in [0.2, 0.25) is 0 Å². The van der Waals surface area contributed by atoms with Crippen molar-refractivity contribution < 1.29 is 14.7 Å². The third-order valence-corrected chi connectivity index (χ3v) is 3.59. The number of aromatic nitrogens is 2. The van der Waals surface area contributed by atoms with Gasteiger partial charge in [-0.15, -0.1) is 0 Å². The molecule has 1 heterocycles. The number of nitrogens with zero attached hydrogens (tertiary/aromatic N) is 2. The lowest BCUT2D eigenvalue weighted by Crippen LogP contribution is -2.40. The first-order valence-electron chi connectivity index (χ1n) is 6.51. The summed E-state index contributed by atoms with van der Waals surface area (Å²) in [6.07, 6.45) is 2.89. The highest BCUT2D eigenvalue weighted by Crippen LogP contribution is 2.24. The number of amides is 1.